The van der Waals surface area contributed by atoms with Crippen LogP contribution in [0.2, 0.25) is 0 Å². The number of tetrazole rings is 1. The molecule has 5 aliphatic rings. The van der Waals surface area contributed by atoms with Gasteiger partial charge in [0.15, 0.2) is 5.82 Å². The maximum absolute atomic E-state index is 14.7. The Hall–Kier alpha value is -2.07. The number of rotatable bonds is 1. The molecule has 9 atom stereocenters. The Morgan fingerprint density at radius 3 is 2.33 bits per heavy atom. The lowest BCUT2D eigenvalue weighted by atomic mass is 9.31. The summed E-state index contributed by atoms with van der Waals surface area (Å²) in [6, 6.07) is 2.33. The zero-order chi connectivity index (χ0) is 28.4. The third kappa shape index (κ3) is 3.30. The molecule has 4 fully saturated rings. The van der Waals surface area contributed by atoms with Gasteiger partial charge in [0.2, 0.25) is 0 Å². The van der Waals surface area contributed by atoms with E-state index in [4.69, 9.17) is 5.10 Å². The van der Waals surface area contributed by atoms with E-state index in [1.165, 1.54) is 0 Å². The van der Waals surface area contributed by atoms with Crippen molar-refractivity contribution < 1.29 is 9.90 Å². The van der Waals surface area contributed by atoms with E-state index in [1.807, 2.05) is 7.05 Å². The first-order chi connectivity index (χ1) is 18.1. The quantitative estimate of drug-likeness (QED) is 0.507. The number of Topliss-reactive ketones (excluding diaryl/α,β-unsaturated/α-hetero) is 1. The number of carbonyl (C=O) groups is 1. The van der Waals surface area contributed by atoms with Crippen LogP contribution in [0.3, 0.4) is 0 Å². The lowest BCUT2D eigenvalue weighted by Gasteiger charge is -2.72. The number of allylic oxidation sites excluding steroid dienone is 1. The lowest BCUT2D eigenvalue weighted by molar-refractivity contribution is -0.219. The van der Waals surface area contributed by atoms with Crippen molar-refractivity contribution >= 4 is 5.78 Å². The Balaban J connectivity index is 1.48. The highest BCUT2D eigenvalue weighted by molar-refractivity contribution is 5.84. The molecule has 0 amide bonds. The molecule has 9 unspecified atom stereocenters. The van der Waals surface area contributed by atoms with Gasteiger partial charge in [-0.2, -0.15) is 10.1 Å². The molecule has 7 heteroatoms. The maximum Gasteiger partial charge on any atom is 0.181 e. The van der Waals surface area contributed by atoms with Crippen LogP contribution in [0.4, 0.5) is 0 Å². The van der Waals surface area contributed by atoms with Crippen molar-refractivity contribution in [2.45, 2.75) is 111 Å². The summed E-state index contributed by atoms with van der Waals surface area (Å²) < 4.78 is 0. The molecule has 0 radical (unpaired) electrons. The van der Waals surface area contributed by atoms with E-state index in [0.29, 0.717) is 17.8 Å². The molecule has 5 aliphatic carbocycles. The van der Waals surface area contributed by atoms with Gasteiger partial charge in [0.25, 0.3) is 0 Å². The average molecular weight is 534 g/mol. The number of nitriles is 1. The fourth-order valence-corrected chi connectivity index (χ4v) is 11.4. The summed E-state index contributed by atoms with van der Waals surface area (Å²) in [4.78, 5) is 16.3. The van der Waals surface area contributed by atoms with Crippen LogP contribution in [0.5, 0.6) is 0 Å². The number of aromatic nitrogens is 4. The van der Waals surface area contributed by atoms with E-state index in [1.54, 1.807) is 4.80 Å². The highest BCUT2D eigenvalue weighted by Crippen LogP contribution is 2.76. The van der Waals surface area contributed by atoms with Crippen LogP contribution in [-0.2, 0) is 17.3 Å². The van der Waals surface area contributed by atoms with Crippen LogP contribution in [0.1, 0.15) is 106 Å². The molecule has 0 aliphatic heterocycles. The molecular weight excluding hydrogens is 486 g/mol. The van der Waals surface area contributed by atoms with Crippen molar-refractivity contribution in [3.8, 4) is 6.07 Å². The Labute approximate surface area is 233 Å². The summed E-state index contributed by atoms with van der Waals surface area (Å²) in [5.41, 5.74) is -0.460. The summed E-state index contributed by atoms with van der Waals surface area (Å²) >= 11 is 0. The van der Waals surface area contributed by atoms with Crippen molar-refractivity contribution in [3.63, 3.8) is 0 Å². The highest BCUT2D eigenvalue weighted by atomic mass is 16.3. The van der Waals surface area contributed by atoms with Gasteiger partial charge in [0.05, 0.1) is 24.8 Å². The third-order valence-corrected chi connectivity index (χ3v) is 13.6. The molecule has 0 spiro atoms. The molecular formula is C32H47N5O2. The van der Waals surface area contributed by atoms with Gasteiger partial charge in [0, 0.05) is 17.8 Å². The molecule has 39 heavy (non-hydrogen) atoms. The molecule has 212 valence electrons. The summed E-state index contributed by atoms with van der Waals surface area (Å²) in [5.74, 6) is 1.78. The summed E-state index contributed by atoms with van der Waals surface area (Å²) in [5, 5.41) is 34.7. The SMILES string of the molecule is Cn1nnc(C23CCC(C)(C)CC2C2C(=O)CC4C5(C)C=C(C#N)C(O)C(C)(C)C5CCC4(C)C2(C)CC3)n1. The second kappa shape index (κ2) is 8.02. The van der Waals surface area contributed by atoms with Gasteiger partial charge in [-0.25, -0.2) is 0 Å². The second-order valence-electron chi connectivity index (χ2n) is 16.2. The van der Waals surface area contributed by atoms with Crippen molar-refractivity contribution in [3.05, 3.63) is 17.5 Å². The fourth-order valence-electron chi connectivity index (χ4n) is 11.4. The van der Waals surface area contributed by atoms with Gasteiger partial charge in [0.1, 0.15) is 5.78 Å². The van der Waals surface area contributed by atoms with E-state index < -0.39 is 11.5 Å². The second-order valence-corrected chi connectivity index (χ2v) is 16.2. The molecule has 7 nitrogen and oxygen atoms in total. The number of carbonyl (C=O) groups excluding carboxylic acids is 1. The van der Waals surface area contributed by atoms with E-state index in [2.05, 4.69) is 70.9 Å². The van der Waals surface area contributed by atoms with Gasteiger partial charge in [-0.1, -0.05) is 54.5 Å². The van der Waals surface area contributed by atoms with E-state index >= 15 is 0 Å². The van der Waals surface area contributed by atoms with Crippen molar-refractivity contribution in [2.75, 3.05) is 0 Å². The number of aryl methyl sites for hydroxylation is 1. The monoisotopic (exact) mass is 533 g/mol. The normalized spacial score (nSPS) is 48.1. The van der Waals surface area contributed by atoms with Gasteiger partial charge >= 0.3 is 0 Å². The number of nitrogens with zero attached hydrogens (tertiary/aromatic N) is 5. The van der Waals surface area contributed by atoms with Gasteiger partial charge in [-0.05, 0) is 95.0 Å². The van der Waals surface area contributed by atoms with Crippen molar-refractivity contribution in [1.82, 2.24) is 20.2 Å². The fraction of sp³-hybridized carbons (Fsp3) is 0.844. The van der Waals surface area contributed by atoms with Crippen molar-refractivity contribution in [1.29, 1.82) is 5.26 Å². The first kappa shape index (κ1) is 27.1. The molecule has 1 heterocycles. The standard InChI is InChI=1S/C32H47N5O2/c1-27(2)11-13-32(26-34-36-37(8)35-26)14-12-31(7)24(20(32)17-27)21(38)15-23-29(5)16-19(18-33)25(39)28(3,4)22(29)9-10-30(23,31)6/h16,20,22-25,39H,9-15,17H2,1-8H3. The zero-order valence-corrected chi connectivity index (χ0v) is 25.2. The number of aliphatic hydroxyl groups excluding tert-OH is 1. The highest BCUT2D eigenvalue weighted by Gasteiger charge is 2.72. The maximum atomic E-state index is 14.7. The largest absolute Gasteiger partial charge is 0.387 e. The van der Waals surface area contributed by atoms with Crippen LogP contribution >= 0.6 is 0 Å². The Kier molecular flexibility index (Phi) is 5.58. The van der Waals surface area contributed by atoms with Gasteiger partial charge in [-0.15, -0.1) is 10.2 Å². The number of hydrogen-bond acceptors (Lipinski definition) is 6. The molecule has 0 aromatic carbocycles. The first-order valence-corrected chi connectivity index (χ1v) is 15.1. The minimum atomic E-state index is -0.758. The predicted octanol–water partition coefficient (Wildman–Crippen LogP) is 5.55. The molecule has 4 saturated carbocycles. The molecule has 0 saturated heterocycles. The Morgan fingerprint density at radius 2 is 1.69 bits per heavy atom. The van der Waals surface area contributed by atoms with Crippen LogP contribution in [0.25, 0.3) is 0 Å². The van der Waals surface area contributed by atoms with Crippen LogP contribution in [0.15, 0.2) is 11.6 Å². The predicted molar refractivity (Wildman–Crippen MR) is 148 cm³/mol. The first-order valence-electron chi connectivity index (χ1n) is 15.1. The summed E-state index contributed by atoms with van der Waals surface area (Å²) in [6.45, 7) is 16.2. The van der Waals surface area contributed by atoms with E-state index in [9.17, 15) is 15.2 Å². The smallest absolute Gasteiger partial charge is 0.181 e. The topological polar surface area (TPSA) is 105 Å². The summed E-state index contributed by atoms with van der Waals surface area (Å²) in [7, 11) is 1.84. The van der Waals surface area contributed by atoms with Crippen LogP contribution in [-0.4, -0.2) is 37.2 Å². The van der Waals surface area contributed by atoms with E-state index in [-0.39, 0.29) is 50.7 Å². The third-order valence-electron chi connectivity index (χ3n) is 13.6. The van der Waals surface area contributed by atoms with Gasteiger partial charge in [-0.3, -0.25) is 4.79 Å². The minimum Gasteiger partial charge on any atom is -0.387 e. The Bertz CT molecular complexity index is 1290. The molecule has 1 aromatic rings. The molecule has 0 bridgehead atoms. The number of fused-ring (bicyclic) bond motifs is 7. The number of hydrogen-bond donors (Lipinski definition) is 1. The van der Waals surface area contributed by atoms with E-state index in [0.717, 1.165) is 50.8 Å². The van der Waals surface area contributed by atoms with Crippen LogP contribution < -0.4 is 0 Å². The minimum absolute atomic E-state index is 0.0300. The molecule has 1 N–H and O–H groups in total. The lowest BCUT2D eigenvalue weighted by Crippen LogP contribution is -2.69. The number of ketones is 1. The molecule has 6 rings (SSSR count). The number of aliphatic hydroxyl groups is 1. The van der Waals surface area contributed by atoms with Crippen LogP contribution in [0, 0.1) is 62.1 Å². The van der Waals surface area contributed by atoms with Gasteiger partial charge < -0.3 is 5.11 Å². The Morgan fingerprint density at radius 1 is 1.00 bits per heavy atom. The van der Waals surface area contributed by atoms with Crippen molar-refractivity contribution in [2.24, 2.45) is 57.8 Å². The molecule has 1 aromatic heterocycles. The zero-order valence-electron chi connectivity index (χ0n) is 25.2. The summed E-state index contributed by atoms with van der Waals surface area (Å²) in [6.07, 6.45) is 9.04. The average Bonchev–Trinajstić information content (AvgIpc) is 3.29.